The summed E-state index contributed by atoms with van der Waals surface area (Å²) in [7, 11) is 1.49. The molecule has 0 unspecified atom stereocenters. The maximum absolute atomic E-state index is 9.13. The van der Waals surface area contributed by atoms with Gasteiger partial charge in [-0.2, -0.15) is 0 Å². The van der Waals surface area contributed by atoms with Gasteiger partial charge in [-0.3, -0.25) is 0 Å². The van der Waals surface area contributed by atoms with Gasteiger partial charge in [0.25, 0.3) is 0 Å². The SMILES string of the molecule is CO[C@@H]1[C@H](O)CO[C@@H]1CO. The second-order valence-electron chi connectivity index (χ2n) is 2.32. The second-order valence-corrected chi connectivity index (χ2v) is 2.32. The van der Waals surface area contributed by atoms with Gasteiger partial charge in [-0.1, -0.05) is 0 Å². The highest BCUT2D eigenvalue weighted by atomic mass is 16.6. The van der Waals surface area contributed by atoms with E-state index in [0.717, 1.165) is 0 Å². The fourth-order valence-corrected chi connectivity index (χ4v) is 1.13. The van der Waals surface area contributed by atoms with E-state index in [4.69, 9.17) is 19.7 Å². The van der Waals surface area contributed by atoms with Crippen molar-refractivity contribution in [1.82, 2.24) is 0 Å². The molecule has 0 aromatic heterocycles. The first kappa shape index (κ1) is 7.94. The number of rotatable bonds is 2. The highest BCUT2D eigenvalue weighted by molar-refractivity contribution is 4.83. The van der Waals surface area contributed by atoms with Crippen LogP contribution in [-0.4, -0.2) is 48.8 Å². The molecule has 4 nitrogen and oxygen atoms in total. The number of ether oxygens (including phenoxy) is 2. The largest absolute Gasteiger partial charge is 0.394 e. The number of aliphatic hydroxyl groups is 2. The highest BCUT2D eigenvalue weighted by Crippen LogP contribution is 2.16. The zero-order valence-electron chi connectivity index (χ0n) is 5.86. The monoisotopic (exact) mass is 148 g/mol. The zero-order valence-corrected chi connectivity index (χ0v) is 5.86. The van der Waals surface area contributed by atoms with E-state index in [0.29, 0.717) is 0 Å². The molecule has 2 N–H and O–H groups in total. The van der Waals surface area contributed by atoms with E-state index in [2.05, 4.69) is 0 Å². The van der Waals surface area contributed by atoms with E-state index in [1.165, 1.54) is 7.11 Å². The average molecular weight is 148 g/mol. The third-order valence-electron chi connectivity index (χ3n) is 1.68. The minimum Gasteiger partial charge on any atom is -0.394 e. The van der Waals surface area contributed by atoms with Crippen molar-refractivity contribution >= 4 is 0 Å². The van der Waals surface area contributed by atoms with Crippen molar-refractivity contribution in [3.8, 4) is 0 Å². The molecule has 1 rings (SSSR count). The van der Waals surface area contributed by atoms with Gasteiger partial charge in [0.1, 0.15) is 18.3 Å². The van der Waals surface area contributed by atoms with Gasteiger partial charge in [0.05, 0.1) is 13.2 Å². The molecule has 0 spiro atoms. The molecule has 0 radical (unpaired) electrons. The summed E-state index contributed by atoms with van der Waals surface area (Å²) < 4.78 is 9.88. The number of hydrogen-bond acceptors (Lipinski definition) is 4. The molecular formula is C6H12O4. The lowest BCUT2D eigenvalue weighted by molar-refractivity contribution is -0.0307. The first-order valence-corrected chi connectivity index (χ1v) is 3.23. The molecule has 3 atom stereocenters. The molecule has 4 heteroatoms. The molecule has 0 aromatic carbocycles. The van der Waals surface area contributed by atoms with Gasteiger partial charge >= 0.3 is 0 Å². The Morgan fingerprint density at radius 3 is 2.80 bits per heavy atom. The van der Waals surface area contributed by atoms with Gasteiger partial charge in [-0.25, -0.2) is 0 Å². The molecule has 1 aliphatic heterocycles. The topological polar surface area (TPSA) is 58.9 Å². The smallest absolute Gasteiger partial charge is 0.114 e. The van der Waals surface area contributed by atoms with Crippen molar-refractivity contribution in [2.45, 2.75) is 18.3 Å². The van der Waals surface area contributed by atoms with Gasteiger partial charge in [-0.05, 0) is 0 Å². The Bertz CT molecular complexity index is 106. The summed E-state index contributed by atoms with van der Waals surface area (Å²) in [4.78, 5) is 0. The molecule has 1 heterocycles. The van der Waals surface area contributed by atoms with Crippen LogP contribution in [0.1, 0.15) is 0 Å². The average Bonchev–Trinajstić information content (AvgIpc) is 2.30. The number of hydrogen-bond donors (Lipinski definition) is 2. The summed E-state index contributed by atoms with van der Waals surface area (Å²) in [6.45, 7) is 0.152. The standard InChI is InChI=1S/C6H12O4/c1-9-6-4(8)3-10-5(6)2-7/h4-8H,2-3H2,1H3/t4-,5-,6-/m1/s1. The first-order valence-electron chi connectivity index (χ1n) is 3.23. The number of aliphatic hydroxyl groups excluding tert-OH is 2. The molecule has 1 saturated heterocycles. The Hall–Kier alpha value is -0.160. The lowest BCUT2D eigenvalue weighted by Crippen LogP contribution is -2.34. The molecule has 0 saturated carbocycles. The van der Waals surface area contributed by atoms with Gasteiger partial charge in [-0.15, -0.1) is 0 Å². The van der Waals surface area contributed by atoms with Crippen LogP contribution in [0.25, 0.3) is 0 Å². The van der Waals surface area contributed by atoms with E-state index in [-0.39, 0.29) is 25.4 Å². The molecule has 0 bridgehead atoms. The summed E-state index contributed by atoms with van der Waals surface area (Å²) in [5, 5.41) is 17.8. The molecule has 10 heavy (non-hydrogen) atoms. The van der Waals surface area contributed by atoms with Gasteiger partial charge in [0.15, 0.2) is 0 Å². The Balaban J connectivity index is 2.45. The molecule has 1 fully saturated rings. The van der Waals surface area contributed by atoms with Crippen molar-refractivity contribution < 1.29 is 19.7 Å². The minimum absolute atomic E-state index is 0.102. The van der Waals surface area contributed by atoms with Crippen molar-refractivity contribution in [3.05, 3.63) is 0 Å². The predicted octanol–water partition coefficient (Wildman–Crippen LogP) is -1.25. The van der Waals surface area contributed by atoms with E-state index in [9.17, 15) is 0 Å². The maximum atomic E-state index is 9.13. The summed E-state index contributed by atoms with van der Waals surface area (Å²) in [6, 6.07) is 0. The van der Waals surface area contributed by atoms with Gasteiger partial charge < -0.3 is 19.7 Å². The summed E-state index contributed by atoms with van der Waals surface area (Å²) >= 11 is 0. The maximum Gasteiger partial charge on any atom is 0.114 e. The summed E-state index contributed by atoms with van der Waals surface area (Å²) in [5.74, 6) is 0. The van der Waals surface area contributed by atoms with Crippen LogP contribution < -0.4 is 0 Å². The highest BCUT2D eigenvalue weighted by Gasteiger charge is 2.35. The fraction of sp³-hybridized carbons (Fsp3) is 1.00. The molecule has 60 valence electrons. The van der Waals surface area contributed by atoms with E-state index in [1.54, 1.807) is 0 Å². The van der Waals surface area contributed by atoms with Crippen molar-refractivity contribution in [1.29, 1.82) is 0 Å². The molecular weight excluding hydrogens is 136 g/mol. The van der Waals surface area contributed by atoms with Crippen LogP contribution in [0, 0.1) is 0 Å². The normalized spacial score (nSPS) is 40.5. The van der Waals surface area contributed by atoms with E-state index >= 15 is 0 Å². The Labute approximate surface area is 59.4 Å². The Morgan fingerprint density at radius 1 is 1.70 bits per heavy atom. The van der Waals surface area contributed by atoms with Crippen molar-refractivity contribution in [2.24, 2.45) is 0 Å². The van der Waals surface area contributed by atoms with E-state index in [1.807, 2.05) is 0 Å². The van der Waals surface area contributed by atoms with Crippen LogP contribution in [0.4, 0.5) is 0 Å². The van der Waals surface area contributed by atoms with Crippen LogP contribution in [-0.2, 0) is 9.47 Å². The molecule has 0 amide bonds. The first-order chi connectivity index (χ1) is 4.79. The quantitative estimate of drug-likeness (QED) is 0.514. The fourth-order valence-electron chi connectivity index (χ4n) is 1.13. The van der Waals surface area contributed by atoms with Crippen molar-refractivity contribution in [2.75, 3.05) is 20.3 Å². The van der Waals surface area contributed by atoms with Crippen LogP contribution >= 0.6 is 0 Å². The molecule has 1 aliphatic rings. The lowest BCUT2D eigenvalue weighted by Gasteiger charge is -2.15. The Kier molecular flexibility index (Phi) is 2.62. The van der Waals surface area contributed by atoms with Crippen LogP contribution in [0.2, 0.25) is 0 Å². The third-order valence-corrected chi connectivity index (χ3v) is 1.68. The van der Waals surface area contributed by atoms with Crippen LogP contribution in [0.3, 0.4) is 0 Å². The van der Waals surface area contributed by atoms with Gasteiger partial charge in [0, 0.05) is 7.11 Å². The van der Waals surface area contributed by atoms with Crippen molar-refractivity contribution in [3.63, 3.8) is 0 Å². The third kappa shape index (κ3) is 1.29. The number of methoxy groups -OCH3 is 1. The minimum atomic E-state index is -0.595. The molecule has 0 aliphatic carbocycles. The zero-order chi connectivity index (χ0) is 7.56. The van der Waals surface area contributed by atoms with Gasteiger partial charge in [0.2, 0.25) is 0 Å². The summed E-state index contributed by atoms with van der Waals surface area (Å²) in [5.41, 5.74) is 0. The van der Waals surface area contributed by atoms with Crippen LogP contribution in [0.5, 0.6) is 0 Å². The predicted molar refractivity (Wildman–Crippen MR) is 33.6 cm³/mol. The van der Waals surface area contributed by atoms with Crippen LogP contribution in [0.15, 0.2) is 0 Å². The lowest BCUT2D eigenvalue weighted by atomic mass is 10.1. The molecule has 0 aromatic rings. The second kappa shape index (κ2) is 3.30. The van der Waals surface area contributed by atoms with E-state index < -0.39 is 6.10 Å². The Morgan fingerprint density at radius 2 is 2.40 bits per heavy atom. The summed E-state index contributed by atoms with van der Waals surface area (Å²) in [6.07, 6.45) is -1.33.